The number of fused-ring (bicyclic) bond motifs is 50. The summed E-state index contributed by atoms with van der Waals surface area (Å²) < 4.78 is 9.41. The first kappa shape index (κ1) is 71.8. The fraction of sp³-hybridized carbons (Fsp3) is 0. The van der Waals surface area contributed by atoms with E-state index >= 15 is 0 Å². The van der Waals surface area contributed by atoms with Crippen LogP contribution in [0.4, 0.5) is 17.1 Å². The predicted octanol–water partition coefficient (Wildman–Crippen LogP) is 33.5. The zero-order valence-electron chi connectivity index (χ0n) is 68.7. The first-order valence-electron chi connectivity index (χ1n) is 43.1. The Labute approximate surface area is 730 Å². The molecule has 0 aliphatic carbocycles. The molecule has 21 aromatic carbocycles. The number of nitrogens with zero attached hydrogens (tertiary/aromatic N) is 8. The summed E-state index contributed by atoms with van der Waals surface area (Å²) >= 11 is 0. The Morgan fingerprint density at radius 3 is 0.875 bits per heavy atom. The van der Waals surface area contributed by atoms with E-state index in [0.29, 0.717) is 10.8 Å². The Bertz CT molecular complexity index is 10300. The molecule has 29 rings (SSSR count). The molecule has 0 aliphatic heterocycles. The molecule has 0 radical (unpaired) electrons. The lowest BCUT2D eigenvalue weighted by Gasteiger charge is -2.17. The molecule has 0 spiro atoms. The maximum atomic E-state index is 10.1. The third-order valence-corrected chi connectivity index (χ3v) is 27.2. The number of hydrogen-bond acceptors (Lipinski definition) is 1. The molecule has 8 heterocycles. The van der Waals surface area contributed by atoms with Gasteiger partial charge in [-0.15, -0.1) is 0 Å². The van der Waals surface area contributed by atoms with Crippen molar-refractivity contribution in [1.29, 1.82) is 5.26 Å². The fourth-order valence-corrected chi connectivity index (χ4v) is 21.8. The molecular formula is C120H66N8. The van der Waals surface area contributed by atoms with Gasteiger partial charge in [0.05, 0.1) is 75.5 Å². The second kappa shape index (κ2) is 27.8. The Kier molecular flexibility index (Phi) is 15.6. The third-order valence-electron chi connectivity index (χ3n) is 27.2. The van der Waals surface area contributed by atoms with Crippen LogP contribution in [0.3, 0.4) is 0 Å². The largest absolute Gasteiger partial charge is 0.315 e. The summed E-state index contributed by atoms with van der Waals surface area (Å²) in [5.41, 5.74) is 9.80. The summed E-state index contributed by atoms with van der Waals surface area (Å²) in [7, 11) is 0. The van der Waals surface area contributed by atoms with E-state index in [1.54, 1.807) is 0 Å². The van der Waals surface area contributed by atoms with Crippen LogP contribution in [0.5, 0.6) is 0 Å². The molecular weight excluding hydrogens is 1550 g/mol. The molecule has 0 unspecified atom stereocenters. The summed E-state index contributed by atoms with van der Waals surface area (Å²) in [6.07, 6.45) is 9.01. The van der Waals surface area contributed by atoms with Crippen molar-refractivity contribution >= 4 is 266 Å². The van der Waals surface area contributed by atoms with Crippen LogP contribution >= 0.6 is 0 Å². The van der Waals surface area contributed by atoms with Gasteiger partial charge in [0.15, 0.2) is 5.69 Å². The fourth-order valence-electron chi connectivity index (χ4n) is 21.8. The van der Waals surface area contributed by atoms with Gasteiger partial charge in [0.2, 0.25) is 11.4 Å². The number of nitriles is 1. The minimum Gasteiger partial charge on any atom is -0.315 e. The van der Waals surface area contributed by atoms with E-state index in [-0.39, 0.29) is 22.6 Å². The smallest absolute Gasteiger partial charge is 0.202 e. The highest BCUT2D eigenvalue weighted by atomic mass is 14.9. The van der Waals surface area contributed by atoms with Gasteiger partial charge in [-0.2, -0.15) is 5.26 Å². The van der Waals surface area contributed by atoms with Crippen molar-refractivity contribution in [3.8, 4) is 6.07 Å². The summed E-state index contributed by atoms with van der Waals surface area (Å²) in [6, 6.07) is 137. The van der Waals surface area contributed by atoms with Crippen LogP contribution in [0.1, 0.15) is 5.56 Å². The number of hydrogen-bond donors (Lipinski definition) is 0. The van der Waals surface area contributed by atoms with Crippen LogP contribution in [-0.4, -0.2) is 17.6 Å². The second-order valence-electron chi connectivity index (χ2n) is 33.5. The number of pyridine rings is 4. The SMILES string of the molecule is [C-]#[N+]c1c([N+]#[C-])c([N+]#[C-])c2cc3c4c5ccccc5ccc4c4c5ccccc5cn4c3cc2c1C#N.c1ccc2c(c1)ccc1c2c2c3ccccc3c3ccccc3c2n2cc3ccccc3c12.c1ccc2c(c1)ccc1c2c2c3ccccc3ccc2n2cc3ccccc3c12.c1ccc2c(c1)ccc1c2c2ccc3ccccc3c2n2cc3ccccc3c12. The van der Waals surface area contributed by atoms with Crippen LogP contribution < -0.4 is 0 Å². The lowest BCUT2D eigenvalue weighted by atomic mass is 9.91. The van der Waals surface area contributed by atoms with E-state index in [0.717, 1.165) is 48.7 Å². The third kappa shape index (κ3) is 10.2. The average molecular weight is 1620 g/mol. The predicted molar refractivity (Wildman–Crippen MR) is 541 cm³/mol. The molecule has 0 bridgehead atoms. The van der Waals surface area contributed by atoms with E-state index in [1.807, 2.05) is 36.4 Å². The van der Waals surface area contributed by atoms with Gasteiger partial charge in [-0.3, -0.25) is 14.5 Å². The van der Waals surface area contributed by atoms with Crippen molar-refractivity contribution in [2.24, 2.45) is 0 Å². The van der Waals surface area contributed by atoms with Gasteiger partial charge in [0, 0.05) is 143 Å². The summed E-state index contributed by atoms with van der Waals surface area (Å²) in [5, 5.41) is 56.5. The van der Waals surface area contributed by atoms with Crippen molar-refractivity contribution in [2.45, 2.75) is 0 Å². The van der Waals surface area contributed by atoms with Gasteiger partial charge in [-0.1, -0.05) is 364 Å². The topological polar surface area (TPSA) is 54.5 Å². The normalized spacial score (nSPS) is 11.9. The first-order valence-corrected chi connectivity index (χ1v) is 43.1. The Balaban J connectivity index is 0.0000000907. The van der Waals surface area contributed by atoms with Crippen molar-refractivity contribution in [2.75, 3.05) is 0 Å². The molecule has 0 N–H and O–H groups in total. The van der Waals surface area contributed by atoms with Crippen LogP contribution in [0.25, 0.3) is 263 Å². The van der Waals surface area contributed by atoms with Crippen LogP contribution in [0.2, 0.25) is 0 Å². The first-order chi connectivity index (χ1) is 63.4. The maximum Gasteiger partial charge on any atom is 0.202 e. The highest BCUT2D eigenvalue weighted by Crippen LogP contribution is 2.52. The molecule has 8 aromatic heterocycles. The van der Waals surface area contributed by atoms with Gasteiger partial charge < -0.3 is 17.6 Å². The minimum absolute atomic E-state index is 0.0597. The van der Waals surface area contributed by atoms with E-state index < -0.39 is 0 Å². The second-order valence-corrected chi connectivity index (χ2v) is 33.5. The van der Waals surface area contributed by atoms with E-state index in [2.05, 4.69) is 403 Å². The van der Waals surface area contributed by atoms with Gasteiger partial charge in [-0.25, -0.2) is 0 Å². The Morgan fingerprint density at radius 1 is 0.180 bits per heavy atom. The zero-order valence-corrected chi connectivity index (χ0v) is 68.7. The molecule has 8 heteroatoms. The minimum atomic E-state index is -0.0599. The Hall–Kier alpha value is -17.9. The number of aromatic nitrogens is 4. The molecule has 0 saturated heterocycles. The number of rotatable bonds is 0. The summed E-state index contributed by atoms with van der Waals surface area (Å²) in [4.78, 5) is 10.7. The molecule has 0 aliphatic rings. The van der Waals surface area contributed by atoms with Crippen LogP contribution in [0.15, 0.2) is 401 Å². The molecule has 0 fully saturated rings. The van der Waals surface area contributed by atoms with Gasteiger partial charge in [-0.05, 0) is 98.3 Å². The Morgan fingerprint density at radius 2 is 0.461 bits per heavy atom. The summed E-state index contributed by atoms with van der Waals surface area (Å²) in [6.45, 7) is 23.2. The van der Waals surface area contributed by atoms with Gasteiger partial charge in [0.25, 0.3) is 0 Å². The number of benzene rings is 21. The highest BCUT2D eigenvalue weighted by molar-refractivity contribution is 6.39. The molecule has 0 atom stereocenters. The molecule has 0 saturated carbocycles. The lowest BCUT2D eigenvalue weighted by Crippen LogP contribution is -1.94. The van der Waals surface area contributed by atoms with Crippen LogP contribution in [0, 0.1) is 31.0 Å². The standard InChI is InChI=1S/C32H13N5.C32H19N.2C28H17N/c1-34-29-24-14-25-27(15-23(24)26(16-33)30(35-2)31(29)36-3)37-17-19-9-5-7-11-21(19)32(37)22-13-12-18-8-4-6-10-20(18)28(22)25;1-3-11-22-20(9-1)17-18-28-29(22)30-26-15-7-5-13-24(26)25-14-6-8-16-27(25)32(30)33-19-21-10-2-4-12-23(21)31(28)33;1-4-10-21-18(7-1)13-15-25-26(21)24-16-14-19-8-2-5-11-22(19)27(24)29-17-20-9-3-6-12-23(20)28(25)29;1-4-10-21-18(7-1)13-15-24-26(21)27-22-11-5-2-8-19(22)14-16-25(27)29-17-20-9-3-6-12-23(20)28(24)29/h4-15,17H;1-19H;2*1-17H. The van der Waals surface area contributed by atoms with Crippen molar-refractivity contribution in [3.63, 3.8) is 0 Å². The molecule has 0 amide bonds. The molecule has 29 aromatic rings. The average Bonchev–Trinajstić information content (AvgIpc) is 1.42. The van der Waals surface area contributed by atoms with Crippen LogP contribution in [-0.2, 0) is 0 Å². The van der Waals surface area contributed by atoms with E-state index in [4.69, 9.17) is 19.7 Å². The van der Waals surface area contributed by atoms with Crippen molar-refractivity contribution in [1.82, 2.24) is 17.6 Å². The lowest BCUT2D eigenvalue weighted by molar-refractivity contribution is 1.30. The highest BCUT2D eigenvalue weighted by Gasteiger charge is 2.26. The van der Waals surface area contributed by atoms with E-state index in [9.17, 15) is 5.26 Å². The summed E-state index contributed by atoms with van der Waals surface area (Å²) in [5.74, 6) is 0. The van der Waals surface area contributed by atoms with Crippen molar-refractivity contribution in [3.05, 3.63) is 441 Å². The zero-order chi connectivity index (χ0) is 84.7. The quantitative estimate of drug-likeness (QED) is 0.0848. The maximum absolute atomic E-state index is 10.1. The van der Waals surface area contributed by atoms with E-state index in [1.165, 1.54) is 189 Å². The van der Waals surface area contributed by atoms with Gasteiger partial charge in [0.1, 0.15) is 0 Å². The van der Waals surface area contributed by atoms with Gasteiger partial charge >= 0.3 is 0 Å². The molecule has 128 heavy (non-hydrogen) atoms. The monoisotopic (exact) mass is 1620 g/mol. The van der Waals surface area contributed by atoms with Crippen molar-refractivity contribution < 1.29 is 0 Å². The molecule has 586 valence electrons. The molecule has 8 nitrogen and oxygen atoms in total.